The van der Waals surface area contributed by atoms with Gasteiger partial charge in [-0.15, -0.1) is 0 Å². The van der Waals surface area contributed by atoms with Crippen LogP contribution in [0, 0.1) is 0 Å². The van der Waals surface area contributed by atoms with Crippen molar-refractivity contribution in [1.82, 2.24) is 4.72 Å². The predicted octanol–water partition coefficient (Wildman–Crippen LogP) is 0.314. The second-order valence-corrected chi connectivity index (χ2v) is 3.46. The maximum atomic E-state index is 10.7. The summed E-state index contributed by atoms with van der Waals surface area (Å²) in [5, 5.41) is 0. The fourth-order valence-corrected chi connectivity index (χ4v) is 1.17. The number of hydrogen-bond donors (Lipinski definition) is 2. The molecule has 6 heteroatoms. The van der Waals surface area contributed by atoms with Gasteiger partial charge in [-0.1, -0.05) is 35.4 Å². The fourth-order valence-electron chi connectivity index (χ4n) is 0.420. The standard InChI is InChI=1S/C5H8INO3S/c1-10-5(9)3(6)2-4(8)7-11/h3,11H,2H2,1H3,(H,7,8)/t3-/m0/s1. The highest BCUT2D eigenvalue weighted by Gasteiger charge is 2.18. The number of methoxy groups -OCH3 is 1. The lowest BCUT2D eigenvalue weighted by Gasteiger charge is -2.04. The molecule has 0 fully saturated rings. The van der Waals surface area contributed by atoms with Crippen molar-refractivity contribution < 1.29 is 14.3 Å². The minimum absolute atomic E-state index is 0.0940. The highest BCUT2D eigenvalue weighted by atomic mass is 127. The van der Waals surface area contributed by atoms with E-state index in [1.165, 1.54) is 7.11 Å². The van der Waals surface area contributed by atoms with Gasteiger partial charge in [0.1, 0.15) is 3.92 Å². The van der Waals surface area contributed by atoms with Crippen LogP contribution < -0.4 is 4.72 Å². The van der Waals surface area contributed by atoms with E-state index >= 15 is 0 Å². The van der Waals surface area contributed by atoms with Gasteiger partial charge in [0.25, 0.3) is 0 Å². The average Bonchev–Trinajstić information content (AvgIpc) is 2.02. The molecule has 0 unspecified atom stereocenters. The van der Waals surface area contributed by atoms with Crippen LogP contribution in [0.4, 0.5) is 0 Å². The van der Waals surface area contributed by atoms with E-state index in [9.17, 15) is 9.59 Å². The Kier molecular flexibility index (Phi) is 5.65. The van der Waals surface area contributed by atoms with Gasteiger partial charge >= 0.3 is 5.97 Å². The summed E-state index contributed by atoms with van der Waals surface area (Å²) >= 11 is 5.37. The van der Waals surface area contributed by atoms with Gasteiger partial charge in [0.05, 0.1) is 7.11 Å². The van der Waals surface area contributed by atoms with Crippen molar-refractivity contribution in [1.29, 1.82) is 0 Å². The zero-order chi connectivity index (χ0) is 8.85. The topological polar surface area (TPSA) is 55.4 Å². The lowest BCUT2D eigenvalue weighted by Crippen LogP contribution is -2.23. The number of amides is 1. The third-order valence-corrected chi connectivity index (χ3v) is 2.14. The molecule has 0 saturated carbocycles. The Morgan fingerprint density at radius 1 is 1.73 bits per heavy atom. The highest BCUT2D eigenvalue weighted by Crippen LogP contribution is 2.07. The van der Waals surface area contributed by atoms with E-state index in [0.717, 1.165) is 0 Å². The van der Waals surface area contributed by atoms with Crippen molar-refractivity contribution in [2.45, 2.75) is 10.3 Å². The van der Waals surface area contributed by atoms with E-state index in [4.69, 9.17) is 0 Å². The van der Waals surface area contributed by atoms with Crippen LogP contribution in [0.2, 0.25) is 0 Å². The molecule has 0 aliphatic carbocycles. The van der Waals surface area contributed by atoms with Crippen LogP contribution in [0.1, 0.15) is 6.42 Å². The zero-order valence-electron chi connectivity index (χ0n) is 5.83. The maximum Gasteiger partial charge on any atom is 0.319 e. The molecule has 0 radical (unpaired) electrons. The van der Waals surface area contributed by atoms with Crippen molar-refractivity contribution in [3.8, 4) is 0 Å². The second-order valence-electron chi connectivity index (χ2n) is 1.73. The first-order valence-corrected chi connectivity index (χ1v) is 4.46. The summed E-state index contributed by atoms with van der Waals surface area (Å²) < 4.78 is 6.08. The monoisotopic (exact) mass is 289 g/mol. The fraction of sp³-hybridized carbons (Fsp3) is 0.600. The van der Waals surface area contributed by atoms with E-state index < -0.39 is 9.89 Å². The molecule has 0 aromatic rings. The van der Waals surface area contributed by atoms with Crippen LogP contribution in [-0.2, 0) is 14.3 Å². The smallest absolute Gasteiger partial charge is 0.319 e. The number of esters is 1. The lowest BCUT2D eigenvalue weighted by molar-refractivity contribution is -0.140. The first kappa shape index (κ1) is 11.0. The molecule has 0 rings (SSSR count). The number of carbonyl (C=O) groups is 2. The zero-order valence-corrected chi connectivity index (χ0v) is 8.89. The average molecular weight is 289 g/mol. The van der Waals surface area contributed by atoms with Gasteiger partial charge < -0.3 is 9.46 Å². The van der Waals surface area contributed by atoms with Crippen molar-refractivity contribution >= 4 is 47.3 Å². The number of halogens is 1. The number of thiol groups is 1. The van der Waals surface area contributed by atoms with Gasteiger partial charge in [-0.2, -0.15) is 0 Å². The Bertz CT molecular complexity index is 164. The molecule has 0 heterocycles. The molecule has 11 heavy (non-hydrogen) atoms. The van der Waals surface area contributed by atoms with Crippen LogP contribution in [0.3, 0.4) is 0 Å². The Balaban J connectivity index is 3.77. The molecule has 1 atom stereocenters. The minimum Gasteiger partial charge on any atom is -0.468 e. The molecule has 4 nitrogen and oxygen atoms in total. The molecule has 1 amide bonds. The molecule has 64 valence electrons. The summed E-state index contributed by atoms with van der Waals surface area (Å²) in [6.07, 6.45) is 0.0940. The summed E-state index contributed by atoms with van der Waals surface area (Å²) in [5.41, 5.74) is 0. The van der Waals surface area contributed by atoms with Gasteiger partial charge in [0, 0.05) is 6.42 Å². The molecule has 0 aromatic carbocycles. The summed E-state index contributed by atoms with van der Waals surface area (Å²) in [6, 6.07) is 0. The molecular weight excluding hydrogens is 281 g/mol. The van der Waals surface area contributed by atoms with Crippen LogP contribution in [-0.4, -0.2) is 22.9 Å². The Hall–Kier alpha value is 0.0200. The number of rotatable bonds is 3. The Labute approximate surface area is 83.7 Å². The van der Waals surface area contributed by atoms with Crippen molar-refractivity contribution in [2.75, 3.05) is 7.11 Å². The van der Waals surface area contributed by atoms with Crippen molar-refractivity contribution in [2.24, 2.45) is 0 Å². The van der Waals surface area contributed by atoms with Crippen molar-refractivity contribution in [3.05, 3.63) is 0 Å². The van der Waals surface area contributed by atoms with Gasteiger partial charge in [-0.25, -0.2) is 0 Å². The largest absolute Gasteiger partial charge is 0.468 e. The Morgan fingerprint density at radius 3 is 2.64 bits per heavy atom. The molecule has 0 aliphatic heterocycles. The first-order chi connectivity index (χ1) is 5.11. The molecule has 0 spiro atoms. The third kappa shape index (κ3) is 4.46. The highest BCUT2D eigenvalue weighted by molar-refractivity contribution is 14.1. The number of hydrogen-bond acceptors (Lipinski definition) is 4. The predicted molar refractivity (Wildman–Crippen MR) is 51.6 cm³/mol. The maximum absolute atomic E-state index is 10.7. The van der Waals surface area contributed by atoms with Crippen LogP contribution in [0.15, 0.2) is 0 Å². The molecule has 0 aliphatic rings. The summed E-state index contributed by atoms with van der Waals surface area (Å²) in [6.45, 7) is 0. The van der Waals surface area contributed by atoms with E-state index in [-0.39, 0.29) is 12.3 Å². The van der Waals surface area contributed by atoms with E-state index in [1.54, 1.807) is 0 Å². The second kappa shape index (κ2) is 5.64. The lowest BCUT2D eigenvalue weighted by atomic mass is 10.3. The third-order valence-electron chi connectivity index (χ3n) is 0.946. The number of ether oxygens (including phenoxy) is 1. The number of carbonyl (C=O) groups excluding carboxylic acids is 2. The van der Waals surface area contributed by atoms with Crippen molar-refractivity contribution in [3.63, 3.8) is 0 Å². The van der Waals surface area contributed by atoms with Gasteiger partial charge in [-0.05, 0) is 0 Å². The molecule has 0 aromatic heterocycles. The summed E-state index contributed by atoms with van der Waals surface area (Å²) in [7, 11) is 1.28. The van der Waals surface area contributed by atoms with Gasteiger partial charge in [0.15, 0.2) is 0 Å². The molecule has 1 N–H and O–H groups in total. The van der Waals surface area contributed by atoms with Gasteiger partial charge in [0.2, 0.25) is 5.91 Å². The SMILES string of the molecule is COC(=O)[C@@H](I)CC(=O)NS. The number of nitrogens with one attached hydrogen (secondary N) is 1. The first-order valence-electron chi connectivity index (χ1n) is 2.76. The normalized spacial score (nSPS) is 11.9. The van der Waals surface area contributed by atoms with Crippen LogP contribution >= 0.6 is 35.4 Å². The molecular formula is C5H8INO3S. The van der Waals surface area contributed by atoms with Crippen LogP contribution in [0.25, 0.3) is 0 Å². The summed E-state index contributed by atoms with van der Waals surface area (Å²) in [4.78, 5) is 21.4. The number of alkyl halides is 1. The molecule has 0 bridgehead atoms. The van der Waals surface area contributed by atoms with E-state index in [2.05, 4.69) is 22.3 Å². The van der Waals surface area contributed by atoms with E-state index in [1.807, 2.05) is 22.6 Å². The van der Waals surface area contributed by atoms with E-state index in [0.29, 0.717) is 0 Å². The quantitative estimate of drug-likeness (QED) is 0.340. The summed E-state index contributed by atoms with van der Waals surface area (Å²) in [5.74, 6) is -0.694. The van der Waals surface area contributed by atoms with Crippen LogP contribution in [0.5, 0.6) is 0 Å². The molecule has 0 saturated heterocycles. The Morgan fingerprint density at radius 2 is 2.27 bits per heavy atom. The van der Waals surface area contributed by atoms with Gasteiger partial charge in [-0.3, -0.25) is 9.59 Å². The minimum atomic E-state index is -0.440.